The fourth-order valence-electron chi connectivity index (χ4n) is 7.29. The number of aryl methyl sites for hydroxylation is 1. The lowest BCUT2D eigenvalue weighted by Gasteiger charge is -2.38. The zero-order chi connectivity index (χ0) is 33.2. The Morgan fingerprint density at radius 3 is 2.53 bits per heavy atom. The highest BCUT2D eigenvalue weighted by Crippen LogP contribution is 2.48. The number of nitrogens with one attached hydrogen (secondary N) is 2. The summed E-state index contributed by atoms with van der Waals surface area (Å²) >= 11 is 0. The Hall–Kier alpha value is -3.65. The lowest BCUT2D eigenvalue weighted by atomic mass is 9.91. The van der Waals surface area contributed by atoms with E-state index in [1.807, 2.05) is 18.7 Å². The van der Waals surface area contributed by atoms with Crippen molar-refractivity contribution in [2.45, 2.75) is 70.9 Å². The topological polar surface area (TPSA) is 82.2 Å². The largest absolute Gasteiger partial charge is 0.463 e. The number of ether oxygens (including phenoxy) is 1. The summed E-state index contributed by atoms with van der Waals surface area (Å²) in [5.74, 6) is -2.16. The van der Waals surface area contributed by atoms with Crippen molar-refractivity contribution < 1.29 is 31.1 Å². The van der Waals surface area contributed by atoms with Gasteiger partial charge in [-0.3, -0.25) is 10.00 Å². The van der Waals surface area contributed by atoms with Crippen LogP contribution in [0.1, 0.15) is 50.7 Å². The first-order valence-corrected chi connectivity index (χ1v) is 16.1. The van der Waals surface area contributed by atoms with Gasteiger partial charge < -0.3 is 15.0 Å². The van der Waals surface area contributed by atoms with Crippen LogP contribution in [0.4, 0.5) is 32.2 Å². The van der Waals surface area contributed by atoms with Crippen molar-refractivity contribution in [3.8, 4) is 17.1 Å². The van der Waals surface area contributed by atoms with Crippen LogP contribution >= 0.6 is 0 Å². The predicted octanol–water partition coefficient (Wildman–Crippen LogP) is 6.56. The molecule has 2 aromatic heterocycles. The van der Waals surface area contributed by atoms with Crippen molar-refractivity contribution in [1.29, 1.82) is 0 Å². The van der Waals surface area contributed by atoms with Crippen molar-refractivity contribution in [3.05, 3.63) is 41.1 Å². The molecule has 14 heteroatoms. The molecule has 1 saturated carbocycles. The normalized spacial score (nSPS) is 23.3. The standard InChI is InChI=1S/C33H37F6N7O/c1-4-20-14-46(12-18(3)41-20)30-21-10-23(35)26(25-22-11-40-44-24(22)9-17(2)27(25)33(37,38)39)28(36)29(21)42-31(43-30)47-16-32(6-7-32)15-45-8-5-19(34)13-45/h9-11,18-20,41H,4-8,12-16H2,1-3H3,(H,40,44)/t18-,19-,20-/m1/s1. The fourth-order valence-corrected chi connectivity index (χ4v) is 7.29. The number of fused-ring (bicyclic) bond motifs is 2. The van der Waals surface area contributed by atoms with Gasteiger partial charge in [0.05, 0.1) is 29.4 Å². The van der Waals surface area contributed by atoms with Crippen molar-refractivity contribution in [2.75, 3.05) is 44.2 Å². The molecule has 0 spiro atoms. The first-order valence-electron chi connectivity index (χ1n) is 16.1. The van der Waals surface area contributed by atoms with E-state index in [1.54, 1.807) is 0 Å². The van der Waals surface area contributed by atoms with E-state index in [1.165, 1.54) is 13.0 Å². The number of likely N-dealkylation sites (tertiary alicyclic amines) is 1. The molecule has 47 heavy (non-hydrogen) atoms. The summed E-state index contributed by atoms with van der Waals surface area (Å²) in [6, 6.07) is 2.25. The molecule has 0 unspecified atom stereocenters. The molecule has 0 radical (unpaired) electrons. The summed E-state index contributed by atoms with van der Waals surface area (Å²) in [5.41, 5.74) is -3.19. The number of anilines is 1. The number of benzene rings is 2. The first kappa shape index (κ1) is 31.9. The monoisotopic (exact) mass is 661 g/mol. The average molecular weight is 662 g/mol. The lowest BCUT2D eigenvalue weighted by molar-refractivity contribution is -0.137. The minimum atomic E-state index is -4.91. The number of hydrogen-bond donors (Lipinski definition) is 2. The third-order valence-electron chi connectivity index (χ3n) is 9.81. The second kappa shape index (κ2) is 11.8. The lowest BCUT2D eigenvalue weighted by Crippen LogP contribution is -2.55. The zero-order valence-electron chi connectivity index (χ0n) is 26.4. The molecule has 2 aromatic carbocycles. The summed E-state index contributed by atoms with van der Waals surface area (Å²) < 4.78 is 96.6. The van der Waals surface area contributed by atoms with Crippen molar-refractivity contribution in [2.24, 2.45) is 5.41 Å². The molecule has 2 aliphatic heterocycles. The Morgan fingerprint density at radius 1 is 1.06 bits per heavy atom. The molecule has 1 aliphatic carbocycles. The summed E-state index contributed by atoms with van der Waals surface area (Å²) in [4.78, 5) is 13.0. The van der Waals surface area contributed by atoms with Gasteiger partial charge in [-0.15, -0.1) is 0 Å². The van der Waals surface area contributed by atoms with E-state index in [2.05, 4.69) is 30.4 Å². The van der Waals surface area contributed by atoms with E-state index >= 15 is 8.78 Å². The number of rotatable bonds is 8. The molecule has 8 nitrogen and oxygen atoms in total. The van der Waals surface area contributed by atoms with E-state index in [-0.39, 0.29) is 63.3 Å². The number of H-pyrrole nitrogens is 1. The van der Waals surface area contributed by atoms with Crippen LogP contribution < -0.4 is 15.0 Å². The smallest absolute Gasteiger partial charge is 0.417 e. The number of aromatic amines is 1. The quantitative estimate of drug-likeness (QED) is 0.207. The molecule has 2 N–H and O–H groups in total. The van der Waals surface area contributed by atoms with Gasteiger partial charge in [-0.2, -0.15) is 28.2 Å². The summed E-state index contributed by atoms with van der Waals surface area (Å²) in [5, 5.41) is 9.95. The van der Waals surface area contributed by atoms with Crippen LogP contribution in [-0.2, 0) is 6.18 Å². The summed E-state index contributed by atoms with van der Waals surface area (Å²) in [7, 11) is 0. The van der Waals surface area contributed by atoms with Gasteiger partial charge in [-0.25, -0.2) is 13.2 Å². The Bertz CT molecular complexity index is 1820. The maximum Gasteiger partial charge on any atom is 0.417 e. The van der Waals surface area contributed by atoms with Gasteiger partial charge in [0.15, 0.2) is 5.82 Å². The number of nitrogens with zero attached hydrogens (tertiary/aromatic N) is 5. The van der Waals surface area contributed by atoms with Crippen molar-refractivity contribution >= 4 is 27.6 Å². The Labute approximate surface area is 267 Å². The molecule has 4 aromatic rings. The average Bonchev–Trinajstić information content (AvgIpc) is 3.38. The van der Waals surface area contributed by atoms with Crippen LogP contribution in [0.5, 0.6) is 6.01 Å². The molecule has 0 amide bonds. The SMILES string of the molecule is CC[C@@H]1CN(c2nc(OCC3(CN4CC[C@@H](F)C4)CC3)nc3c(F)c(-c4c(C(F)(F)F)c(C)cc5[nH]ncc45)c(F)cc23)C[C@@H](C)N1. The third-order valence-corrected chi connectivity index (χ3v) is 9.81. The van der Waals surface area contributed by atoms with Crippen LogP contribution in [0.15, 0.2) is 18.3 Å². The highest BCUT2D eigenvalue weighted by atomic mass is 19.4. The van der Waals surface area contributed by atoms with Gasteiger partial charge in [0.2, 0.25) is 0 Å². The molecule has 3 aliphatic rings. The predicted molar refractivity (Wildman–Crippen MR) is 166 cm³/mol. The van der Waals surface area contributed by atoms with E-state index in [0.717, 1.165) is 31.5 Å². The number of aromatic nitrogens is 4. The molecule has 3 fully saturated rings. The second-order valence-corrected chi connectivity index (χ2v) is 13.5. The Kier molecular flexibility index (Phi) is 8.01. The van der Waals surface area contributed by atoms with Crippen LogP contribution in [0.3, 0.4) is 0 Å². The molecule has 3 atom stereocenters. The van der Waals surface area contributed by atoms with Gasteiger partial charge in [0.25, 0.3) is 0 Å². The van der Waals surface area contributed by atoms with Gasteiger partial charge in [0, 0.05) is 66.6 Å². The molecule has 4 heterocycles. The highest BCUT2D eigenvalue weighted by molar-refractivity contribution is 6.01. The van der Waals surface area contributed by atoms with E-state index < -0.39 is 40.7 Å². The van der Waals surface area contributed by atoms with Gasteiger partial charge in [0.1, 0.15) is 23.3 Å². The molecular formula is C33H37F6N7O. The maximum absolute atomic E-state index is 16.8. The minimum Gasteiger partial charge on any atom is -0.463 e. The fraction of sp³-hybridized carbons (Fsp3) is 0.545. The van der Waals surface area contributed by atoms with Crippen LogP contribution in [0, 0.1) is 24.0 Å². The molecule has 252 valence electrons. The minimum absolute atomic E-state index is 0.0302. The summed E-state index contributed by atoms with van der Waals surface area (Å²) in [6.07, 6.45) is -1.59. The van der Waals surface area contributed by atoms with E-state index in [9.17, 15) is 17.6 Å². The van der Waals surface area contributed by atoms with Gasteiger partial charge in [-0.05, 0) is 57.2 Å². The Morgan fingerprint density at radius 2 is 1.85 bits per heavy atom. The van der Waals surface area contributed by atoms with Crippen LogP contribution in [0.2, 0.25) is 0 Å². The zero-order valence-corrected chi connectivity index (χ0v) is 26.4. The van der Waals surface area contributed by atoms with Crippen molar-refractivity contribution in [3.63, 3.8) is 0 Å². The number of alkyl halides is 4. The molecule has 7 rings (SSSR count). The number of hydrogen-bond acceptors (Lipinski definition) is 7. The van der Waals surface area contributed by atoms with E-state index in [0.29, 0.717) is 39.1 Å². The van der Waals surface area contributed by atoms with E-state index in [4.69, 9.17) is 4.74 Å². The molecule has 0 bridgehead atoms. The molecular weight excluding hydrogens is 624 g/mol. The molecule has 2 saturated heterocycles. The van der Waals surface area contributed by atoms with Crippen LogP contribution in [-0.4, -0.2) is 82.7 Å². The second-order valence-electron chi connectivity index (χ2n) is 13.5. The Balaban J connectivity index is 1.37. The number of halogens is 6. The maximum atomic E-state index is 16.8. The number of piperazine rings is 1. The summed E-state index contributed by atoms with van der Waals surface area (Å²) in [6.45, 7) is 8.15. The highest BCUT2D eigenvalue weighted by Gasteiger charge is 2.46. The first-order chi connectivity index (χ1) is 22.4. The van der Waals surface area contributed by atoms with Gasteiger partial charge in [-0.1, -0.05) is 6.92 Å². The third kappa shape index (κ3) is 5.98. The van der Waals surface area contributed by atoms with Gasteiger partial charge >= 0.3 is 12.2 Å². The van der Waals surface area contributed by atoms with Crippen LogP contribution in [0.25, 0.3) is 32.9 Å². The van der Waals surface area contributed by atoms with Crippen molar-refractivity contribution in [1.82, 2.24) is 30.4 Å².